The topological polar surface area (TPSA) is 52.6 Å². The molecule has 1 aliphatic carbocycles. The Hall–Kier alpha value is -2.62. The Bertz CT molecular complexity index is 1030. The first kappa shape index (κ1) is 33.9. The van der Waals surface area contributed by atoms with Crippen LogP contribution in [0.5, 0.6) is 11.5 Å². The van der Waals surface area contributed by atoms with Crippen LogP contribution < -0.4 is 9.47 Å². The molecule has 4 heteroatoms. The molecule has 0 aliphatic heterocycles. The summed E-state index contributed by atoms with van der Waals surface area (Å²) in [5, 5.41) is 1.80. The molecule has 0 amide bonds. The molecular formula is C38H56O4. The van der Waals surface area contributed by atoms with E-state index in [1.165, 1.54) is 128 Å². The summed E-state index contributed by atoms with van der Waals surface area (Å²) in [5.74, 6) is 1.22. The van der Waals surface area contributed by atoms with E-state index in [0.29, 0.717) is 24.3 Å². The number of benzene rings is 2. The number of allylic oxidation sites excluding steroid dienone is 2. The van der Waals surface area contributed by atoms with E-state index >= 15 is 0 Å². The Balaban J connectivity index is 1.50. The van der Waals surface area contributed by atoms with Crippen molar-refractivity contribution in [1.82, 2.24) is 0 Å². The van der Waals surface area contributed by atoms with E-state index in [-0.39, 0.29) is 11.6 Å². The second-order valence-electron chi connectivity index (χ2n) is 12.2. The van der Waals surface area contributed by atoms with Gasteiger partial charge in [-0.15, -0.1) is 0 Å². The number of carbonyl (C=O) groups is 2. The SMILES string of the molecule is CCCCCCCCCCCCOc1cc2cc3c(cc2cc1OCCCCCCCCCCCC)C(=O)C=CC3=O. The van der Waals surface area contributed by atoms with Gasteiger partial charge in [0, 0.05) is 11.1 Å². The second-order valence-corrected chi connectivity index (χ2v) is 12.2. The highest BCUT2D eigenvalue weighted by molar-refractivity contribution is 6.23. The van der Waals surface area contributed by atoms with Gasteiger partial charge in [-0.1, -0.05) is 129 Å². The van der Waals surface area contributed by atoms with Crippen molar-refractivity contribution in [2.75, 3.05) is 13.2 Å². The number of fused-ring (bicyclic) bond motifs is 2. The monoisotopic (exact) mass is 576 g/mol. The average molecular weight is 577 g/mol. The third-order valence-electron chi connectivity index (χ3n) is 8.47. The Labute approximate surface area is 255 Å². The quantitative estimate of drug-likeness (QED) is 0.117. The highest BCUT2D eigenvalue weighted by atomic mass is 16.5. The van der Waals surface area contributed by atoms with Gasteiger partial charge in [0.15, 0.2) is 23.1 Å². The zero-order chi connectivity index (χ0) is 29.8. The molecule has 0 fully saturated rings. The van der Waals surface area contributed by atoms with Crippen LogP contribution in [0.4, 0.5) is 0 Å². The van der Waals surface area contributed by atoms with Crippen molar-refractivity contribution in [3.8, 4) is 11.5 Å². The lowest BCUT2D eigenvalue weighted by atomic mass is 9.91. The fourth-order valence-electron chi connectivity index (χ4n) is 5.82. The van der Waals surface area contributed by atoms with Gasteiger partial charge in [-0.05, 0) is 60.0 Å². The summed E-state index contributed by atoms with van der Waals surface area (Å²) in [7, 11) is 0. The second kappa shape index (κ2) is 20.3. The van der Waals surface area contributed by atoms with Crippen LogP contribution in [0, 0.1) is 0 Å². The molecule has 2 aromatic carbocycles. The van der Waals surface area contributed by atoms with Crippen LogP contribution in [0.15, 0.2) is 36.4 Å². The van der Waals surface area contributed by atoms with Crippen LogP contribution in [0.25, 0.3) is 10.8 Å². The summed E-state index contributed by atoms with van der Waals surface area (Å²) < 4.78 is 12.5. The molecule has 0 saturated carbocycles. The molecule has 0 heterocycles. The number of ketones is 2. The summed E-state index contributed by atoms with van der Waals surface area (Å²) in [6.45, 7) is 5.84. The van der Waals surface area contributed by atoms with Gasteiger partial charge in [0.1, 0.15) is 0 Å². The first-order chi connectivity index (χ1) is 20.6. The summed E-state index contributed by atoms with van der Waals surface area (Å²) in [6.07, 6.45) is 28.5. The number of hydrogen-bond acceptors (Lipinski definition) is 4. The number of rotatable bonds is 24. The van der Waals surface area contributed by atoms with E-state index in [4.69, 9.17) is 9.47 Å². The minimum Gasteiger partial charge on any atom is -0.490 e. The highest BCUT2D eigenvalue weighted by Crippen LogP contribution is 2.35. The van der Waals surface area contributed by atoms with Crippen molar-refractivity contribution in [3.05, 3.63) is 47.5 Å². The molecule has 42 heavy (non-hydrogen) atoms. The number of hydrogen-bond donors (Lipinski definition) is 0. The molecule has 232 valence electrons. The molecule has 0 aromatic heterocycles. The maximum atomic E-state index is 12.4. The largest absolute Gasteiger partial charge is 0.490 e. The lowest BCUT2D eigenvalue weighted by Crippen LogP contribution is -2.11. The van der Waals surface area contributed by atoms with Gasteiger partial charge >= 0.3 is 0 Å². The van der Waals surface area contributed by atoms with E-state index in [1.807, 2.05) is 24.3 Å². The minimum atomic E-state index is -0.124. The molecule has 0 atom stereocenters. The van der Waals surface area contributed by atoms with Crippen molar-refractivity contribution in [2.45, 2.75) is 142 Å². The van der Waals surface area contributed by atoms with Gasteiger partial charge in [-0.25, -0.2) is 0 Å². The molecule has 0 unspecified atom stereocenters. The lowest BCUT2D eigenvalue weighted by Gasteiger charge is -2.16. The average Bonchev–Trinajstić information content (AvgIpc) is 3.00. The predicted molar refractivity (Wildman–Crippen MR) is 176 cm³/mol. The molecule has 0 radical (unpaired) electrons. The first-order valence-corrected chi connectivity index (χ1v) is 17.3. The van der Waals surface area contributed by atoms with Gasteiger partial charge in [-0.3, -0.25) is 9.59 Å². The van der Waals surface area contributed by atoms with E-state index in [0.717, 1.165) is 35.1 Å². The maximum Gasteiger partial charge on any atom is 0.186 e. The third-order valence-corrected chi connectivity index (χ3v) is 8.47. The van der Waals surface area contributed by atoms with Crippen molar-refractivity contribution < 1.29 is 19.1 Å². The van der Waals surface area contributed by atoms with E-state index in [9.17, 15) is 9.59 Å². The zero-order valence-corrected chi connectivity index (χ0v) is 26.7. The Kier molecular flexibility index (Phi) is 16.4. The van der Waals surface area contributed by atoms with Crippen LogP contribution in [-0.4, -0.2) is 24.8 Å². The van der Waals surface area contributed by atoms with E-state index < -0.39 is 0 Å². The summed E-state index contributed by atoms with van der Waals surface area (Å²) in [4.78, 5) is 24.9. The summed E-state index contributed by atoms with van der Waals surface area (Å²) in [5.41, 5.74) is 0.935. The summed E-state index contributed by atoms with van der Waals surface area (Å²) >= 11 is 0. The van der Waals surface area contributed by atoms with E-state index in [2.05, 4.69) is 13.8 Å². The van der Waals surface area contributed by atoms with Gasteiger partial charge in [-0.2, -0.15) is 0 Å². The van der Waals surface area contributed by atoms with Crippen LogP contribution >= 0.6 is 0 Å². The molecule has 1 aliphatic rings. The molecular weight excluding hydrogens is 520 g/mol. The third kappa shape index (κ3) is 11.9. The minimum absolute atomic E-state index is 0.124. The van der Waals surface area contributed by atoms with Gasteiger partial charge < -0.3 is 9.47 Å². The van der Waals surface area contributed by atoms with Gasteiger partial charge in [0.25, 0.3) is 0 Å². The Morgan fingerprint density at radius 3 is 1.07 bits per heavy atom. The molecule has 0 saturated heterocycles. The van der Waals surface area contributed by atoms with Crippen LogP contribution in [0.3, 0.4) is 0 Å². The van der Waals surface area contributed by atoms with E-state index in [1.54, 1.807) is 0 Å². The maximum absolute atomic E-state index is 12.4. The van der Waals surface area contributed by atoms with Crippen LogP contribution in [0.2, 0.25) is 0 Å². The molecule has 2 aromatic rings. The van der Waals surface area contributed by atoms with Crippen molar-refractivity contribution in [3.63, 3.8) is 0 Å². The molecule has 0 N–H and O–H groups in total. The van der Waals surface area contributed by atoms with Gasteiger partial charge in [0.05, 0.1) is 13.2 Å². The fraction of sp³-hybridized carbons (Fsp3) is 0.632. The standard InChI is InChI=1S/C38H56O4/c1-3-5-7-9-11-13-15-17-19-21-25-41-37-29-31-27-33-34(36(40)24-23-35(33)39)28-32(31)30-38(37)42-26-22-20-18-16-14-12-10-8-6-4-2/h23-24,27-30H,3-22,25-26H2,1-2H3. The fourth-order valence-corrected chi connectivity index (χ4v) is 5.82. The summed E-state index contributed by atoms with van der Waals surface area (Å²) in [6, 6.07) is 7.62. The Morgan fingerprint density at radius 1 is 0.429 bits per heavy atom. The van der Waals surface area contributed by atoms with Crippen LogP contribution in [-0.2, 0) is 0 Å². The van der Waals surface area contributed by atoms with Crippen molar-refractivity contribution in [2.24, 2.45) is 0 Å². The molecule has 3 rings (SSSR count). The predicted octanol–water partition coefficient (Wildman–Crippen LogP) is 11.4. The number of carbonyl (C=O) groups excluding carboxylic acids is 2. The van der Waals surface area contributed by atoms with Gasteiger partial charge in [0.2, 0.25) is 0 Å². The number of ether oxygens (including phenoxy) is 2. The van der Waals surface area contributed by atoms with Crippen LogP contribution in [0.1, 0.15) is 163 Å². The highest BCUT2D eigenvalue weighted by Gasteiger charge is 2.21. The van der Waals surface area contributed by atoms with Crippen molar-refractivity contribution >= 4 is 22.3 Å². The molecule has 4 nitrogen and oxygen atoms in total. The molecule has 0 spiro atoms. The number of unbranched alkanes of at least 4 members (excludes halogenated alkanes) is 18. The normalized spacial score (nSPS) is 12.7. The zero-order valence-electron chi connectivity index (χ0n) is 26.7. The van der Waals surface area contributed by atoms with Crippen molar-refractivity contribution in [1.29, 1.82) is 0 Å². The lowest BCUT2D eigenvalue weighted by molar-refractivity contribution is 0.0994. The Morgan fingerprint density at radius 2 is 0.738 bits per heavy atom. The first-order valence-electron chi connectivity index (χ1n) is 17.3. The molecule has 0 bridgehead atoms. The smallest absolute Gasteiger partial charge is 0.186 e.